The van der Waals surface area contributed by atoms with Gasteiger partial charge in [0, 0.05) is 59.8 Å². The van der Waals surface area contributed by atoms with Gasteiger partial charge in [0.2, 0.25) is 5.95 Å². The number of nitrogens with one attached hydrogen (secondary N) is 1. The smallest absolute Gasteiger partial charge is 0.435 e. The van der Waals surface area contributed by atoms with Crippen molar-refractivity contribution in [2.75, 3.05) is 32.9 Å². The number of ether oxygens (including phenoxy) is 3. The highest BCUT2D eigenvalue weighted by molar-refractivity contribution is 7.99. The van der Waals surface area contributed by atoms with Gasteiger partial charge < -0.3 is 19.5 Å². The average molecular weight is 550 g/mol. The third-order valence-electron chi connectivity index (χ3n) is 5.24. The molecule has 0 aliphatic carbocycles. The first-order valence-corrected chi connectivity index (χ1v) is 12.1. The molecule has 1 N–H and O–H groups in total. The molecule has 0 saturated heterocycles. The van der Waals surface area contributed by atoms with Gasteiger partial charge in [0.15, 0.2) is 17.0 Å². The second kappa shape index (κ2) is 11.0. The number of benzene rings is 1. The fourth-order valence-electron chi connectivity index (χ4n) is 3.44. The number of rotatable bonds is 7. The lowest BCUT2D eigenvalue weighted by Gasteiger charge is -2.27. The maximum absolute atomic E-state index is 13.3. The Hall–Kier alpha value is -4.27. The van der Waals surface area contributed by atoms with Gasteiger partial charge in [-0.25, -0.2) is 14.5 Å². The molecule has 0 radical (unpaired) electrons. The molecule has 200 valence electrons. The summed E-state index contributed by atoms with van der Waals surface area (Å²) in [5.41, 5.74) is -0.545. The Labute approximate surface area is 219 Å². The molecule has 1 atom stereocenters. The van der Waals surface area contributed by atoms with Crippen LogP contribution in [0.25, 0.3) is 11.4 Å². The molecule has 1 unspecified atom stereocenters. The number of nitrogens with zero attached hydrogens (tertiary/aromatic N) is 6. The Morgan fingerprint density at radius 1 is 1.13 bits per heavy atom. The van der Waals surface area contributed by atoms with Crippen LogP contribution in [0.15, 0.2) is 47.9 Å². The minimum absolute atomic E-state index is 0.0120. The van der Waals surface area contributed by atoms with Crippen molar-refractivity contribution in [2.24, 2.45) is 4.99 Å². The number of methoxy groups -OCH3 is 3. The highest BCUT2D eigenvalue weighted by atomic mass is 32.2. The molecule has 38 heavy (non-hydrogen) atoms. The monoisotopic (exact) mass is 549 g/mol. The van der Waals surface area contributed by atoms with E-state index in [9.17, 15) is 18.0 Å². The van der Waals surface area contributed by atoms with Crippen LogP contribution in [0.4, 0.5) is 29.6 Å². The summed E-state index contributed by atoms with van der Waals surface area (Å²) >= 11 is 1.29. The number of aromatic nitrogens is 4. The van der Waals surface area contributed by atoms with Crippen LogP contribution in [0.5, 0.6) is 11.5 Å². The molecule has 15 heteroatoms. The van der Waals surface area contributed by atoms with E-state index < -0.39 is 23.5 Å². The lowest BCUT2D eigenvalue weighted by atomic mass is 10.1. The standard InChI is InChI=1S/C23H22F3N7O4S/c1-35-15-7-14(8-16(9-15)36-2)29-20-27-11-17(13-10-28-21(38-4)32(12-13)22(34)37-3)19(30-20)33-6-5-18(31-33)23(24,25)26/h5-12,21H,1-4H3,(H,27,29,30). The van der Waals surface area contributed by atoms with E-state index in [1.54, 1.807) is 24.5 Å². The van der Waals surface area contributed by atoms with Crippen LogP contribution < -0.4 is 14.8 Å². The summed E-state index contributed by atoms with van der Waals surface area (Å²) in [5.74, 6) is 1.07. The molecule has 1 aliphatic rings. The third kappa shape index (κ3) is 5.66. The molecular formula is C23H22F3N7O4S. The van der Waals surface area contributed by atoms with Crippen molar-refractivity contribution in [1.82, 2.24) is 24.6 Å². The maximum Gasteiger partial charge on any atom is 0.435 e. The molecule has 1 amide bonds. The lowest BCUT2D eigenvalue weighted by molar-refractivity contribution is -0.141. The van der Waals surface area contributed by atoms with Crippen molar-refractivity contribution in [2.45, 2.75) is 11.7 Å². The third-order valence-corrected chi connectivity index (χ3v) is 6.01. The Kier molecular flexibility index (Phi) is 7.75. The van der Waals surface area contributed by atoms with Gasteiger partial charge in [-0.2, -0.15) is 23.3 Å². The van der Waals surface area contributed by atoms with Gasteiger partial charge in [0.05, 0.1) is 21.3 Å². The predicted molar refractivity (Wildman–Crippen MR) is 135 cm³/mol. The van der Waals surface area contributed by atoms with E-state index in [2.05, 4.69) is 25.4 Å². The van der Waals surface area contributed by atoms with Crippen LogP contribution in [0.2, 0.25) is 0 Å². The van der Waals surface area contributed by atoms with E-state index >= 15 is 0 Å². The number of carbonyl (C=O) groups excluding carboxylic acids is 1. The zero-order chi connectivity index (χ0) is 27.4. The second-order valence-electron chi connectivity index (χ2n) is 7.60. The van der Waals surface area contributed by atoms with Crippen molar-refractivity contribution in [3.8, 4) is 17.3 Å². The number of anilines is 2. The minimum Gasteiger partial charge on any atom is -0.497 e. The van der Waals surface area contributed by atoms with E-state index in [4.69, 9.17) is 14.2 Å². The molecule has 3 heterocycles. The van der Waals surface area contributed by atoms with E-state index in [0.29, 0.717) is 22.8 Å². The van der Waals surface area contributed by atoms with E-state index in [1.807, 2.05) is 0 Å². The summed E-state index contributed by atoms with van der Waals surface area (Å²) in [4.78, 5) is 26.7. The molecule has 0 fully saturated rings. The van der Waals surface area contributed by atoms with Crippen molar-refractivity contribution in [3.05, 3.63) is 54.1 Å². The molecule has 1 aliphatic heterocycles. The van der Waals surface area contributed by atoms with Crippen LogP contribution in [-0.2, 0) is 10.9 Å². The number of thioether (sulfide) groups is 1. The van der Waals surface area contributed by atoms with Gasteiger partial charge in [-0.15, -0.1) is 11.8 Å². The number of carbonyl (C=O) groups is 1. The fourth-order valence-corrected chi connectivity index (χ4v) is 3.99. The highest BCUT2D eigenvalue weighted by Gasteiger charge is 2.34. The van der Waals surface area contributed by atoms with Gasteiger partial charge >= 0.3 is 12.3 Å². The van der Waals surface area contributed by atoms with Crippen molar-refractivity contribution < 1.29 is 32.2 Å². The van der Waals surface area contributed by atoms with Crippen molar-refractivity contribution in [1.29, 1.82) is 0 Å². The Morgan fingerprint density at radius 2 is 1.84 bits per heavy atom. The number of alkyl halides is 3. The van der Waals surface area contributed by atoms with Crippen molar-refractivity contribution >= 4 is 41.3 Å². The zero-order valence-corrected chi connectivity index (χ0v) is 21.4. The summed E-state index contributed by atoms with van der Waals surface area (Å²) in [6.07, 6.45) is 1.93. The predicted octanol–water partition coefficient (Wildman–Crippen LogP) is 4.58. The molecule has 3 aromatic rings. The lowest BCUT2D eigenvalue weighted by Crippen LogP contribution is -2.35. The van der Waals surface area contributed by atoms with Gasteiger partial charge in [0.25, 0.3) is 0 Å². The zero-order valence-electron chi connectivity index (χ0n) is 20.6. The van der Waals surface area contributed by atoms with Crippen LogP contribution in [0, 0.1) is 0 Å². The molecule has 1 aromatic carbocycles. The van der Waals surface area contributed by atoms with Gasteiger partial charge in [-0.1, -0.05) is 0 Å². The van der Waals surface area contributed by atoms with Crippen LogP contribution >= 0.6 is 11.8 Å². The van der Waals surface area contributed by atoms with Crippen molar-refractivity contribution in [3.63, 3.8) is 0 Å². The summed E-state index contributed by atoms with van der Waals surface area (Å²) in [7, 11) is 4.23. The maximum atomic E-state index is 13.3. The largest absolute Gasteiger partial charge is 0.497 e. The number of allylic oxidation sites excluding steroid dienone is 1. The number of aliphatic imine (C=N–C) groups is 1. The molecular weight excluding hydrogens is 527 g/mol. The molecule has 11 nitrogen and oxygen atoms in total. The van der Waals surface area contributed by atoms with E-state index in [0.717, 1.165) is 16.9 Å². The fraction of sp³-hybridized carbons (Fsp3) is 0.261. The normalized spacial score (nSPS) is 15.2. The Bertz CT molecular complexity index is 1370. The summed E-state index contributed by atoms with van der Waals surface area (Å²) in [6, 6.07) is 5.84. The first kappa shape index (κ1) is 26.8. The number of hydrogen-bond acceptors (Lipinski definition) is 10. The van der Waals surface area contributed by atoms with E-state index in [1.165, 1.54) is 56.6 Å². The Morgan fingerprint density at radius 3 is 2.42 bits per heavy atom. The topological polar surface area (TPSA) is 116 Å². The Balaban J connectivity index is 1.81. The van der Waals surface area contributed by atoms with Crippen LogP contribution in [0.1, 0.15) is 11.3 Å². The van der Waals surface area contributed by atoms with Gasteiger partial charge in [-0.3, -0.25) is 9.89 Å². The van der Waals surface area contributed by atoms with Crippen LogP contribution in [0.3, 0.4) is 0 Å². The molecule has 4 rings (SSSR count). The summed E-state index contributed by atoms with van der Waals surface area (Å²) in [6.45, 7) is 0. The average Bonchev–Trinajstić information content (AvgIpc) is 3.43. The second-order valence-corrected chi connectivity index (χ2v) is 8.50. The quantitative estimate of drug-likeness (QED) is 0.452. The molecule has 0 bridgehead atoms. The van der Waals surface area contributed by atoms with E-state index in [-0.39, 0.29) is 17.3 Å². The summed E-state index contributed by atoms with van der Waals surface area (Å²) < 4.78 is 56.3. The van der Waals surface area contributed by atoms with Gasteiger partial charge in [-0.05, 0) is 12.3 Å². The van der Waals surface area contributed by atoms with Gasteiger partial charge in [0.1, 0.15) is 11.5 Å². The highest BCUT2D eigenvalue weighted by Crippen LogP contribution is 2.32. The first-order valence-electron chi connectivity index (χ1n) is 10.8. The number of halogens is 3. The number of hydrogen-bond donors (Lipinski definition) is 1. The first-order chi connectivity index (χ1) is 18.2. The molecule has 2 aromatic heterocycles. The summed E-state index contributed by atoms with van der Waals surface area (Å²) in [5, 5.41) is 6.66. The SMILES string of the molecule is COC(=O)N1C=C(c2cnc(Nc3cc(OC)cc(OC)c3)nc2-n2ccc(C(F)(F)F)n2)C=NC1SC. The molecule has 0 spiro atoms. The molecule has 0 saturated carbocycles. The van der Waals surface area contributed by atoms with Crippen LogP contribution in [-0.4, -0.2) is 70.0 Å². The minimum atomic E-state index is -4.66. The number of amides is 1.